The standard InChI is InChI=1S/C9H17N3OS/c1-5-6-10-8-11-7(12-14-8)9(2,3)13-4/h5-6H2,1-4H3,(H,10,11,12). The van der Waals surface area contributed by atoms with Crippen LogP contribution in [0.1, 0.15) is 33.0 Å². The number of nitrogens with one attached hydrogen (secondary N) is 1. The SMILES string of the molecule is CCCNc1nc(C(C)(C)OC)ns1. The van der Waals surface area contributed by atoms with Gasteiger partial charge in [0.2, 0.25) is 5.13 Å². The summed E-state index contributed by atoms with van der Waals surface area (Å²) < 4.78 is 9.55. The molecule has 14 heavy (non-hydrogen) atoms. The van der Waals surface area contributed by atoms with Gasteiger partial charge in [-0.05, 0) is 20.3 Å². The second kappa shape index (κ2) is 4.70. The normalized spacial score (nSPS) is 11.7. The molecule has 0 aromatic carbocycles. The molecule has 0 atom stereocenters. The van der Waals surface area contributed by atoms with Crippen LogP contribution in [0, 0.1) is 0 Å². The number of anilines is 1. The van der Waals surface area contributed by atoms with E-state index >= 15 is 0 Å². The number of hydrogen-bond acceptors (Lipinski definition) is 5. The van der Waals surface area contributed by atoms with Gasteiger partial charge in [-0.2, -0.15) is 4.37 Å². The van der Waals surface area contributed by atoms with Crippen molar-refractivity contribution in [1.29, 1.82) is 0 Å². The van der Waals surface area contributed by atoms with E-state index in [0.717, 1.165) is 23.9 Å². The zero-order valence-electron chi connectivity index (χ0n) is 9.13. The summed E-state index contributed by atoms with van der Waals surface area (Å²) in [6.45, 7) is 6.97. The molecular formula is C9H17N3OS. The first-order valence-electron chi connectivity index (χ1n) is 4.73. The molecule has 1 rings (SSSR count). The summed E-state index contributed by atoms with van der Waals surface area (Å²) in [5.41, 5.74) is -0.400. The van der Waals surface area contributed by atoms with Crippen LogP contribution in [-0.2, 0) is 10.3 Å². The van der Waals surface area contributed by atoms with Crippen LogP contribution in [0.25, 0.3) is 0 Å². The Labute approximate surface area is 88.9 Å². The minimum absolute atomic E-state index is 0.400. The molecule has 0 aliphatic heterocycles. The maximum Gasteiger partial charge on any atom is 0.202 e. The lowest BCUT2D eigenvalue weighted by atomic mass is 10.1. The molecule has 0 amide bonds. The molecule has 0 aliphatic rings. The highest BCUT2D eigenvalue weighted by Crippen LogP contribution is 2.23. The van der Waals surface area contributed by atoms with E-state index in [4.69, 9.17) is 4.74 Å². The number of rotatable bonds is 5. The number of hydrogen-bond donors (Lipinski definition) is 1. The molecule has 5 heteroatoms. The predicted molar refractivity (Wildman–Crippen MR) is 58.7 cm³/mol. The Hall–Kier alpha value is -0.680. The van der Waals surface area contributed by atoms with Gasteiger partial charge in [0.15, 0.2) is 5.82 Å². The third kappa shape index (κ3) is 2.65. The molecule has 0 aliphatic carbocycles. The average Bonchev–Trinajstić information content (AvgIpc) is 2.63. The molecule has 1 aromatic heterocycles. The summed E-state index contributed by atoms with van der Waals surface area (Å²) >= 11 is 1.38. The third-order valence-corrected chi connectivity index (χ3v) is 2.67. The Balaban J connectivity index is 2.67. The molecule has 1 aromatic rings. The van der Waals surface area contributed by atoms with Crippen LogP contribution in [0.3, 0.4) is 0 Å². The van der Waals surface area contributed by atoms with Crippen LogP contribution >= 0.6 is 11.5 Å². The number of methoxy groups -OCH3 is 1. The van der Waals surface area contributed by atoms with Gasteiger partial charge in [-0.15, -0.1) is 0 Å². The second-order valence-electron chi connectivity index (χ2n) is 3.56. The van der Waals surface area contributed by atoms with Gasteiger partial charge in [0, 0.05) is 25.2 Å². The zero-order chi connectivity index (χ0) is 10.6. The van der Waals surface area contributed by atoms with Crippen LogP contribution in [-0.4, -0.2) is 23.0 Å². The lowest BCUT2D eigenvalue weighted by Gasteiger charge is -2.18. The molecule has 1 heterocycles. The zero-order valence-corrected chi connectivity index (χ0v) is 9.94. The lowest BCUT2D eigenvalue weighted by molar-refractivity contribution is 0.0126. The maximum atomic E-state index is 5.30. The third-order valence-electron chi connectivity index (χ3n) is 2.00. The summed E-state index contributed by atoms with van der Waals surface area (Å²) in [5, 5.41) is 4.07. The molecule has 0 unspecified atom stereocenters. The maximum absolute atomic E-state index is 5.30. The Kier molecular flexibility index (Phi) is 3.83. The van der Waals surface area contributed by atoms with E-state index in [1.54, 1.807) is 7.11 Å². The fraction of sp³-hybridized carbons (Fsp3) is 0.778. The van der Waals surface area contributed by atoms with E-state index in [1.165, 1.54) is 11.5 Å². The smallest absolute Gasteiger partial charge is 0.202 e. The van der Waals surface area contributed by atoms with Gasteiger partial charge in [-0.25, -0.2) is 4.98 Å². The van der Waals surface area contributed by atoms with Gasteiger partial charge in [-0.3, -0.25) is 0 Å². The van der Waals surface area contributed by atoms with Crippen LogP contribution in [0.5, 0.6) is 0 Å². The van der Waals surface area contributed by atoms with Gasteiger partial charge < -0.3 is 10.1 Å². The molecule has 0 bridgehead atoms. The summed E-state index contributed by atoms with van der Waals surface area (Å²) in [5.74, 6) is 0.739. The minimum atomic E-state index is -0.400. The van der Waals surface area contributed by atoms with Crippen LogP contribution in [0.15, 0.2) is 0 Å². The molecule has 0 radical (unpaired) electrons. The summed E-state index contributed by atoms with van der Waals surface area (Å²) in [7, 11) is 1.67. The minimum Gasteiger partial charge on any atom is -0.371 e. The lowest BCUT2D eigenvalue weighted by Crippen LogP contribution is -2.21. The highest BCUT2D eigenvalue weighted by Gasteiger charge is 2.24. The topological polar surface area (TPSA) is 47.0 Å². The average molecular weight is 215 g/mol. The summed E-state index contributed by atoms with van der Waals surface area (Å²) in [6, 6.07) is 0. The Morgan fingerprint density at radius 3 is 2.79 bits per heavy atom. The molecule has 0 fully saturated rings. The first kappa shape index (κ1) is 11.4. The van der Waals surface area contributed by atoms with E-state index in [0.29, 0.717) is 0 Å². The molecule has 0 saturated heterocycles. The second-order valence-corrected chi connectivity index (χ2v) is 4.32. The van der Waals surface area contributed by atoms with Crippen molar-refractivity contribution in [1.82, 2.24) is 9.36 Å². The quantitative estimate of drug-likeness (QED) is 0.818. The van der Waals surface area contributed by atoms with Gasteiger partial charge in [0.25, 0.3) is 0 Å². The van der Waals surface area contributed by atoms with Crippen molar-refractivity contribution in [3.8, 4) is 0 Å². The number of aromatic nitrogens is 2. The Bertz CT molecular complexity index is 285. The van der Waals surface area contributed by atoms with Crippen molar-refractivity contribution < 1.29 is 4.74 Å². The number of ether oxygens (including phenoxy) is 1. The fourth-order valence-corrected chi connectivity index (χ4v) is 1.59. The molecule has 80 valence electrons. The van der Waals surface area contributed by atoms with Crippen LogP contribution in [0.2, 0.25) is 0 Å². The molecule has 1 N–H and O–H groups in total. The highest BCUT2D eigenvalue weighted by atomic mass is 32.1. The van der Waals surface area contributed by atoms with Gasteiger partial charge in [0.05, 0.1) is 0 Å². The van der Waals surface area contributed by atoms with Crippen molar-refractivity contribution in [2.45, 2.75) is 32.8 Å². The van der Waals surface area contributed by atoms with Gasteiger partial charge in [-0.1, -0.05) is 6.92 Å². The summed E-state index contributed by atoms with van der Waals surface area (Å²) in [4.78, 5) is 4.36. The fourth-order valence-electron chi connectivity index (χ4n) is 0.863. The summed E-state index contributed by atoms with van der Waals surface area (Å²) in [6.07, 6.45) is 1.09. The Morgan fingerprint density at radius 1 is 1.50 bits per heavy atom. The van der Waals surface area contributed by atoms with Gasteiger partial charge >= 0.3 is 0 Å². The van der Waals surface area contributed by atoms with Crippen molar-refractivity contribution >= 4 is 16.7 Å². The Morgan fingerprint density at radius 2 is 2.21 bits per heavy atom. The first-order chi connectivity index (χ1) is 6.60. The van der Waals surface area contributed by atoms with Crippen molar-refractivity contribution in [2.75, 3.05) is 19.0 Å². The molecule has 4 nitrogen and oxygen atoms in total. The van der Waals surface area contributed by atoms with Crippen molar-refractivity contribution in [3.63, 3.8) is 0 Å². The van der Waals surface area contributed by atoms with E-state index in [-0.39, 0.29) is 0 Å². The first-order valence-corrected chi connectivity index (χ1v) is 5.50. The highest BCUT2D eigenvalue weighted by molar-refractivity contribution is 7.09. The van der Waals surface area contributed by atoms with E-state index < -0.39 is 5.60 Å². The van der Waals surface area contributed by atoms with Crippen molar-refractivity contribution in [2.24, 2.45) is 0 Å². The monoisotopic (exact) mass is 215 g/mol. The van der Waals surface area contributed by atoms with E-state index in [9.17, 15) is 0 Å². The molecular weight excluding hydrogens is 198 g/mol. The van der Waals surface area contributed by atoms with Crippen LogP contribution in [0.4, 0.5) is 5.13 Å². The predicted octanol–water partition coefficient (Wildman–Crippen LogP) is 2.24. The van der Waals surface area contributed by atoms with Gasteiger partial charge in [0.1, 0.15) is 5.60 Å². The van der Waals surface area contributed by atoms with E-state index in [2.05, 4.69) is 21.6 Å². The van der Waals surface area contributed by atoms with Crippen molar-refractivity contribution in [3.05, 3.63) is 5.82 Å². The molecule has 0 spiro atoms. The number of nitrogens with zero attached hydrogens (tertiary/aromatic N) is 2. The molecule has 0 saturated carbocycles. The van der Waals surface area contributed by atoms with E-state index in [1.807, 2.05) is 13.8 Å². The largest absolute Gasteiger partial charge is 0.371 e. The van der Waals surface area contributed by atoms with Crippen LogP contribution < -0.4 is 5.32 Å².